The third kappa shape index (κ3) is 5.40. The number of hydrogen-bond donors (Lipinski definition) is 1. The van der Waals surface area contributed by atoms with Gasteiger partial charge in [0.1, 0.15) is 6.61 Å². The van der Waals surface area contributed by atoms with Crippen LogP contribution >= 0.6 is 0 Å². The van der Waals surface area contributed by atoms with Gasteiger partial charge in [-0.25, -0.2) is 4.68 Å². The number of anilines is 1. The number of nitrogens with zero attached hydrogens (tertiary/aromatic N) is 3. The van der Waals surface area contributed by atoms with E-state index >= 15 is 0 Å². The topological polar surface area (TPSA) is 96.7 Å². The van der Waals surface area contributed by atoms with E-state index < -0.39 is 0 Å². The van der Waals surface area contributed by atoms with Gasteiger partial charge in [-0.2, -0.15) is 4.98 Å². The molecular formula is C26H30N4O5. The fraction of sp³-hybridized carbons (Fsp3) is 0.423. The highest BCUT2D eigenvalue weighted by Crippen LogP contribution is 2.36. The molecule has 0 atom stereocenters. The maximum absolute atomic E-state index is 12.6. The van der Waals surface area contributed by atoms with Crippen molar-refractivity contribution < 1.29 is 23.7 Å². The summed E-state index contributed by atoms with van der Waals surface area (Å²) in [4.78, 5) is 17.2. The van der Waals surface area contributed by atoms with Crippen LogP contribution in [0, 0.1) is 5.92 Å². The van der Waals surface area contributed by atoms with Crippen molar-refractivity contribution in [3.8, 4) is 34.6 Å². The first kappa shape index (κ1) is 23.2. The minimum Gasteiger partial charge on any atom is -0.460 e. The summed E-state index contributed by atoms with van der Waals surface area (Å²) in [6.07, 6.45) is 5.41. The molecule has 0 radical (unpaired) electrons. The van der Waals surface area contributed by atoms with Gasteiger partial charge in [-0.3, -0.25) is 4.79 Å². The molecule has 1 N–H and O–H groups in total. The summed E-state index contributed by atoms with van der Waals surface area (Å²) in [7, 11) is 0. The minimum absolute atomic E-state index is 0.101. The van der Waals surface area contributed by atoms with Crippen LogP contribution in [0.25, 0.3) is 17.1 Å². The van der Waals surface area contributed by atoms with E-state index in [4.69, 9.17) is 18.9 Å². The van der Waals surface area contributed by atoms with Crippen LogP contribution in [0.5, 0.6) is 17.5 Å². The molecule has 0 unspecified atom stereocenters. The first-order valence-electron chi connectivity index (χ1n) is 12.2. The van der Waals surface area contributed by atoms with Crippen LogP contribution in [0.15, 0.2) is 42.5 Å². The summed E-state index contributed by atoms with van der Waals surface area (Å²) >= 11 is 0. The molecule has 2 aliphatic rings. The van der Waals surface area contributed by atoms with Crippen molar-refractivity contribution in [1.82, 2.24) is 14.8 Å². The maximum atomic E-state index is 12.6. The number of amides is 1. The van der Waals surface area contributed by atoms with Crippen molar-refractivity contribution in [2.24, 2.45) is 5.92 Å². The molecular weight excluding hydrogens is 448 g/mol. The molecule has 1 aliphatic carbocycles. The molecule has 1 fully saturated rings. The Bertz CT molecular complexity index is 1160. The number of ether oxygens (including phenoxy) is 4. The summed E-state index contributed by atoms with van der Waals surface area (Å²) < 4.78 is 23.8. The lowest BCUT2D eigenvalue weighted by atomic mass is 9.88. The third-order valence-electron chi connectivity index (χ3n) is 6.24. The van der Waals surface area contributed by atoms with E-state index in [0.717, 1.165) is 42.6 Å². The molecule has 1 aliphatic heterocycles. The Morgan fingerprint density at radius 1 is 1.06 bits per heavy atom. The molecule has 1 aromatic heterocycles. The maximum Gasteiger partial charge on any atom is 0.336 e. The van der Waals surface area contributed by atoms with Crippen LogP contribution in [0.4, 0.5) is 5.69 Å². The minimum atomic E-state index is 0.101. The summed E-state index contributed by atoms with van der Waals surface area (Å²) in [5, 5.41) is 7.64. The lowest BCUT2D eigenvalue weighted by Crippen LogP contribution is -2.24. The molecule has 9 nitrogen and oxygen atoms in total. The molecule has 2 aromatic carbocycles. The molecule has 0 saturated heterocycles. The molecule has 2 heterocycles. The van der Waals surface area contributed by atoms with E-state index in [1.807, 2.05) is 49.4 Å². The number of carbonyl (C=O) groups excluding carboxylic acids is 1. The van der Waals surface area contributed by atoms with Gasteiger partial charge in [0.15, 0.2) is 17.3 Å². The zero-order valence-electron chi connectivity index (χ0n) is 19.9. The van der Waals surface area contributed by atoms with Crippen LogP contribution < -0.4 is 19.5 Å². The Morgan fingerprint density at radius 3 is 2.66 bits per heavy atom. The fourth-order valence-electron chi connectivity index (χ4n) is 4.39. The summed E-state index contributed by atoms with van der Waals surface area (Å²) in [6.45, 7) is 3.57. The summed E-state index contributed by atoms with van der Waals surface area (Å²) in [6, 6.07) is 13.5. The lowest BCUT2D eigenvalue weighted by Gasteiger charge is -2.20. The smallest absolute Gasteiger partial charge is 0.336 e. The Balaban J connectivity index is 1.38. The highest BCUT2D eigenvalue weighted by atomic mass is 16.7. The molecule has 0 bridgehead atoms. The van der Waals surface area contributed by atoms with Gasteiger partial charge < -0.3 is 24.3 Å². The van der Waals surface area contributed by atoms with Gasteiger partial charge in [-0.1, -0.05) is 19.3 Å². The second-order valence-electron chi connectivity index (χ2n) is 8.61. The van der Waals surface area contributed by atoms with Gasteiger partial charge in [-0.05, 0) is 62.2 Å². The van der Waals surface area contributed by atoms with Crippen molar-refractivity contribution in [3.05, 3.63) is 42.5 Å². The quantitative estimate of drug-likeness (QED) is 0.449. The van der Waals surface area contributed by atoms with Crippen LogP contribution in [0.3, 0.4) is 0 Å². The van der Waals surface area contributed by atoms with Gasteiger partial charge in [-0.15, -0.1) is 5.10 Å². The predicted molar refractivity (Wildman–Crippen MR) is 130 cm³/mol. The number of carbonyl (C=O) groups is 1. The molecule has 0 spiro atoms. The summed E-state index contributed by atoms with van der Waals surface area (Å²) in [5.74, 6) is 2.17. The summed E-state index contributed by atoms with van der Waals surface area (Å²) in [5.41, 5.74) is 2.37. The number of rotatable bonds is 9. The van der Waals surface area contributed by atoms with Crippen LogP contribution in [-0.2, 0) is 9.53 Å². The Labute approximate surface area is 204 Å². The number of hydrogen-bond acceptors (Lipinski definition) is 7. The standard InChI is InChI=1S/C26H30N4O5/c1-2-32-14-15-33-26-28-24(19-8-13-22-23(16-19)35-17-34-22)30(29-26)21-11-9-20(10-12-21)27-25(31)18-6-4-3-5-7-18/h8-13,16,18H,2-7,14-15,17H2,1H3,(H,27,31). The van der Waals surface area contributed by atoms with Crippen LogP contribution in [-0.4, -0.2) is 47.3 Å². The van der Waals surface area contributed by atoms with Crippen molar-refractivity contribution >= 4 is 11.6 Å². The Hall–Kier alpha value is -3.59. The first-order valence-corrected chi connectivity index (χ1v) is 12.2. The van der Waals surface area contributed by atoms with E-state index in [2.05, 4.69) is 15.4 Å². The van der Waals surface area contributed by atoms with E-state index in [-0.39, 0.29) is 24.6 Å². The molecule has 9 heteroatoms. The van der Waals surface area contributed by atoms with E-state index in [1.54, 1.807) is 4.68 Å². The third-order valence-corrected chi connectivity index (χ3v) is 6.24. The van der Waals surface area contributed by atoms with Crippen molar-refractivity contribution in [1.29, 1.82) is 0 Å². The number of benzene rings is 2. The van der Waals surface area contributed by atoms with Gasteiger partial charge in [0.05, 0.1) is 12.3 Å². The molecule has 184 valence electrons. The predicted octanol–water partition coefficient (Wildman–Crippen LogP) is 4.60. The van der Waals surface area contributed by atoms with Crippen LogP contribution in [0.2, 0.25) is 0 Å². The van der Waals surface area contributed by atoms with Crippen molar-refractivity contribution in [2.45, 2.75) is 39.0 Å². The van der Waals surface area contributed by atoms with Crippen molar-refractivity contribution in [2.75, 3.05) is 31.9 Å². The van der Waals surface area contributed by atoms with Crippen molar-refractivity contribution in [3.63, 3.8) is 0 Å². The fourth-order valence-corrected chi connectivity index (χ4v) is 4.39. The average molecular weight is 479 g/mol. The van der Waals surface area contributed by atoms with E-state index in [0.29, 0.717) is 37.1 Å². The van der Waals surface area contributed by atoms with Gasteiger partial charge in [0.25, 0.3) is 0 Å². The monoisotopic (exact) mass is 478 g/mol. The highest BCUT2D eigenvalue weighted by Gasteiger charge is 2.22. The molecule has 1 amide bonds. The normalized spacial score (nSPS) is 15.2. The zero-order valence-corrected chi connectivity index (χ0v) is 19.9. The molecule has 35 heavy (non-hydrogen) atoms. The molecule has 5 rings (SSSR count). The van der Waals surface area contributed by atoms with Crippen LogP contribution in [0.1, 0.15) is 39.0 Å². The number of fused-ring (bicyclic) bond motifs is 1. The van der Waals surface area contributed by atoms with E-state index in [1.165, 1.54) is 6.42 Å². The number of aromatic nitrogens is 3. The largest absolute Gasteiger partial charge is 0.460 e. The van der Waals surface area contributed by atoms with Gasteiger partial charge in [0.2, 0.25) is 12.7 Å². The SMILES string of the molecule is CCOCCOc1nc(-c2ccc3c(c2)OCO3)n(-c2ccc(NC(=O)C3CCCCC3)cc2)n1. The Morgan fingerprint density at radius 2 is 1.86 bits per heavy atom. The molecule has 3 aromatic rings. The zero-order chi connectivity index (χ0) is 24.0. The Kier molecular flexibility index (Phi) is 7.13. The number of nitrogens with one attached hydrogen (secondary N) is 1. The second kappa shape index (κ2) is 10.8. The first-order chi connectivity index (χ1) is 17.2. The molecule has 1 saturated carbocycles. The lowest BCUT2D eigenvalue weighted by molar-refractivity contribution is -0.120. The van der Waals surface area contributed by atoms with Gasteiger partial charge in [0, 0.05) is 23.8 Å². The second-order valence-corrected chi connectivity index (χ2v) is 8.61. The average Bonchev–Trinajstić information content (AvgIpc) is 3.54. The van der Waals surface area contributed by atoms with E-state index in [9.17, 15) is 4.79 Å². The highest BCUT2D eigenvalue weighted by molar-refractivity contribution is 5.92. The van der Waals surface area contributed by atoms with Gasteiger partial charge >= 0.3 is 6.01 Å².